The Morgan fingerprint density at radius 1 is 0.923 bits per heavy atom. The Morgan fingerprint density at radius 3 is 2.46 bits per heavy atom. The summed E-state index contributed by atoms with van der Waals surface area (Å²) in [7, 11) is 0. The molecule has 2 aliphatic heterocycles. The SMILES string of the molecule is C1=C(c2ccc(-c3nn[nH]n3)cc2)c2ccccc2OC12CCNCC2. The highest BCUT2D eigenvalue weighted by atomic mass is 16.5. The van der Waals surface area contributed by atoms with Gasteiger partial charge in [-0.1, -0.05) is 42.5 Å². The number of ether oxygens (including phenoxy) is 1. The van der Waals surface area contributed by atoms with Crippen LogP contribution in [0, 0.1) is 0 Å². The molecule has 1 fully saturated rings. The second kappa shape index (κ2) is 6.07. The van der Waals surface area contributed by atoms with E-state index in [4.69, 9.17) is 4.74 Å². The van der Waals surface area contributed by atoms with E-state index in [2.05, 4.69) is 62.3 Å². The highest BCUT2D eigenvalue weighted by Crippen LogP contribution is 2.42. The van der Waals surface area contributed by atoms with Crippen LogP contribution >= 0.6 is 0 Å². The Bertz CT molecular complexity index is 941. The molecule has 0 bridgehead atoms. The zero-order chi connectivity index (χ0) is 17.4. The van der Waals surface area contributed by atoms with Gasteiger partial charge in [-0.25, -0.2) is 0 Å². The number of hydrogen-bond acceptors (Lipinski definition) is 5. The predicted molar refractivity (Wildman–Crippen MR) is 98.6 cm³/mol. The van der Waals surface area contributed by atoms with Crippen molar-refractivity contribution in [2.24, 2.45) is 0 Å². The molecule has 1 aromatic heterocycles. The fraction of sp³-hybridized carbons (Fsp3) is 0.250. The molecule has 0 radical (unpaired) electrons. The first-order valence-corrected chi connectivity index (χ1v) is 8.89. The zero-order valence-corrected chi connectivity index (χ0v) is 14.3. The molecule has 0 amide bonds. The summed E-state index contributed by atoms with van der Waals surface area (Å²) in [5.41, 5.74) is 4.27. The molecule has 26 heavy (non-hydrogen) atoms. The maximum Gasteiger partial charge on any atom is 0.204 e. The number of nitrogens with zero attached hydrogens (tertiary/aromatic N) is 3. The van der Waals surface area contributed by atoms with Gasteiger partial charge < -0.3 is 10.1 Å². The van der Waals surface area contributed by atoms with Gasteiger partial charge in [0.1, 0.15) is 11.4 Å². The number of H-pyrrole nitrogens is 1. The molecular formula is C20H19N5O. The molecule has 6 nitrogen and oxygen atoms in total. The largest absolute Gasteiger partial charge is 0.482 e. The quantitative estimate of drug-likeness (QED) is 0.747. The van der Waals surface area contributed by atoms with Crippen LogP contribution in [0.1, 0.15) is 24.0 Å². The molecule has 6 heteroatoms. The van der Waals surface area contributed by atoms with Crippen molar-refractivity contribution < 1.29 is 4.74 Å². The highest BCUT2D eigenvalue weighted by molar-refractivity contribution is 5.85. The molecule has 0 atom stereocenters. The van der Waals surface area contributed by atoms with Crippen LogP contribution in [0.3, 0.4) is 0 Å². The number of rotatable bonds is 2. The third kappa shape index (κ3) is 2.59. The topological polar surface area (TPSA) is 75.7 Å². The first-order chi connectivity index (χ1) is 12.8. The van der Waals surface area contributed by atoms with Gasteiger partial charge in [0.05, 0.1) is 0 Å². The molecule has 5 rings (SSSR count). The number of hydrogen-bond donors (Lipinski definition) is 2. The molecule has 3 heterocycles. The molecule has 1 saturated heterocycles. The van der Waals surface area contributed by atoms with Gasteiger partial charge in [0.25, 0.3) is 0 Å². The number of para-hydroxylation sites is 1. The average molecular weight is 345 g/mol. The van der Waals surface area contributed by atoms with E-state index in [0.29, 0.717) is 5.82 Å². The van der Waals surface area contributed by atoms with Crippen molar-refractivity contribution in [2.75, 3.05) is 13.1 Å². The number of aromatic amines is 1. The minimum atomic E-state index is -0.221. The number of aromatic nitrogens is 4. The number of fused-ring (bicyclic) bond motifs is 1. The third-order valence-corrected chi connectivity index (χ3v) is 5.15. The molecule has 0 saturated carbocycles. The van der Waals surface area contributed by atoms with Crippen LogP contribution < -0.4 is 10.1 Å². The van der Waals surface area contributed by atoms with E-state index in [0.717, 1.165) is 42.8 Å². The van der Waals surface area contributed by atoms with Gasteiger partial charge in [-0.2, -0.15) is 5.21 Å². The van der Waals surface area contributed by atoms with Crippen LogP contribution in [-0.4, -0.2) is 39.3 Å². The number of piperidine rings is 1. The van der Waals surface area contributed by atoms with Crippen LogP contribution in [0.5, 0.6) is 5.75 Å². The lowest BCUT2D eigenvalue weighted by atomic mass is 9.83. The Balaban J connectivity index is 1.58. The molecule has 130 valence electrons. The van der Waals surface area contributed by atoms with Crippen LogP contribution in [0.25, 0.3) is 17.0 Å². The summed E-state index contributed by atoms with van der Waals surface area (Å²) in [5.74, 6) is 1.57. The molecule has 2 aliphatic rings. The predicted octanol–water partition coefficient (Wildman–Crippen LogP) is 2.81. The van der Waals surface area contributed by atoms with Crippen molar-refractivity contribution >= 4 is 5.57 Å². The minimum absolute atomic E-state index is 0.221. The van der Waals surface area contributed by atoms with E-state index in [1.807, 2.05) is 18.2 Å². The van der Waals surface area contributed by atoms with Gasteiger partial charge in [0.15, 0.2) is 0 Å². The van der Waals surface area contributed by atoms with E-state index in [-0.39, 0.29) is 5.60 Å². The molecule has 0 unspecified atom stereocenters. The first-order valence-electron chi connectivity index (χ1n) is 8.89. The fourth-order valence-corrected chi connectivity index (χ4v) is 3.79. The monoisotopic (exact) mass is 345 g/mol. The average Bonchev–Trinajstić information content (AvgIpc) is 3.23. The summed E-state index contributed by atoms with van der Waals surface area (Å²) in [4.78, 5) is 0. The minimum Gasteiger partial charge on any atom is -0.482 e. The van der Waals surface area contributed by atoms with Crippen LogP contribution in [0.15, 0.2) is 54.6 Å². The molecule has 2 aromatic carbocycles. The first kappa shape index (κ1) is 15.3. The summed E-state index contributed by atoms with van der Waals surface area (Å²) in [6.07, 6.45) is 4.27. The van der Waals surface area contributed by atoms with Gasteiger partial charge in [-0.05, 0) is 41.6 Å². The lowest BCUT2D eigenvalue weighted by Crippen LogP contribution is -2.46. The third-order valence-electron chi connectivity index (χ3n) is 5.15. The van der Waals surface area contributed by atoms with E-state index in [9.17, 15) is 0 Å². The van der Waals surface area contributed by atoms with E-state index in [1.54, 1.807) is 0 Å². The summed E-state index contributed by atoms with van der Waals surface area (Å²) < 4.78 is 6.45. The Kier molecular flexibility index (Phi) is 3.57. The fourth-order valence-electron chi connectivity index (χ4n) is 3.79. The molecule has 3 aromatic rings. The molecular weight excluding hydrogens is 326 g/mol. The second-order valence-electron chi connectivity index (χ2n) is 6.78. The van der Waals surface area contributed by atoms with Crippen molar-refractivity contribution in [3.05, 3.63) is 65.7 Å². The van der Waals surface area contributed by atoms with E-state index in [1.165, 1.54) is 11.1 Å². The zero-order valence-electron chi connectivity index (χ0n) is 14.3. The molecule has 1 spiro atoms. The summed E-state index contributed by atoms with van der Waals surface area (Å²) in [5, 5.41) is 17.6. The van der Waals surface area contributed by atoms with Crippen molar-refractivity contribution in [2.45, 2.75) is 18.4 Å². The normalized spacial score (nSPS) is 18.1. The lowest BCUT2D eigenvalue weighted by Gasteiger charge is -2.40. The van der Waals surface area contributed by atoms with Gasteiger partial charge in [0.2, 0.25) is 5.82 Å². The smallest absolute Gasteiger partial charge is 0.204 e. The van der Waals surface area contributed by atoms with Crippen molar-refractivity contribution in [3.63, 3.8) is 0 Å². The second-order valence-corrected chi connectivity index (χ2v) is 6.78. The summed E-state index contributed by atoms with van der Waals surface area (Å²) in [6.45, 7) is 1.95. The van der Waals surface area contributed by atoms with Gasteiger partial charge in [-0.15, -0.1) is 10.2 Å². The van der Waals surface area contributed by atoms with Gasteiger partial charge in [-0.3, -0.25) is 0 Å². The Hall–Kier alpha value is -2.99. The van der Waals surface area contributed by atoms with Crippen LogP contribution in [-0.2, 0) is 0 Å². The van der Waals surface area contributed by atoms with Gasteiger partial charge >= 0.3 is 0 Å². The van der Waals surface area contributed by atoms with Crippen LogP contribution in [0.4, 0.5) is 0 Å². The number of benzene rings is 2. The molecule has 2 N–H and O–H groups in total. The van der Waals surface area contributed by atoms with E-state index < -0.39 is 0 Å². The highest BCUT2D eigenvalue weighted by Gasteiger charge is 2.36. The lowest BCUT2D eigenvalue weighted by molar-refractivity contribution is 0.0817. The standard InChI is InChI=1S/C20H19N5O/c1-2-4-18-16(3-1)17(13-20(26-18)9-11-21-12-10-20)14-5-7-15(8-6-14)19-22-24-25-23-19/h1-8,13,21H,9-12H2,(H,22,23,24,25). The number of tetrazole rings is 1. The summed E-state index contributed by atoms with van der Waals surface area (Å²) in [6, 6.07) is 16.6. The Morgan fingerprint density at radius 2 is 1.69 bits per heavy atom. The Labute approximate surface area is 151 Å². The van der Waals surface area contributed by atoms with Crippen molar-refractivity contribution in [1.82, 2.24) is 25.9 Å². The molecule has 0 aliphatic carbocycles. The maximum atomic E-state index is 6.45. The van der Waals surface area contributed by atoms with Crippen molar-refractivity contribution in [3.8, 4) is 17.1 Å². The number of nitrogens with one attached hydrogen (secondary N) is 2. The van der Waals surface area contributed by atoms with Crippen molar-refractivity contribution in [1.29, 1.82) is 0 Å². The van der Waals surface area contributed by atoms with E-state index >= 15 is 0 Å². The van der Waals surface area contributed by atoms with Gasteiger partial charge in [0, 0.05) is 24.0 Å². The van der Waals surface area contributed by atoms with Crippen LogP contribution in [0.2, 0.25) is 0 Å². The summed E-state index contributed by atoms with van der Waals surface area (Å²) >= 11 is 0. The maximum absolute atomic E-state index is 6.45.